The van der Waals surface area contributed by atoms with Gasteiger partial charge in [0.2, 0.25) is 0 Å². The third-order valence-corrected chi connectivity index (χ3v) is 1.15. The van der Waals surface area contributed by atoms with Crippen molar-refractivity contribution >= 4 is 0 Å². The van der Waals surface area contributed by atoms with E-state index in [2.05, 4.69) is 0 Å². The Balaban J connectivity index is 3.29. The first kappa shape index (κ1) is 7.92. The Morgan fingerprint density at radius 3 is 2.12 bits per heavy atom. The Morgan fingerprint density at radius 1 is 1.50 bits per heavy atom. The molecule has 0 rings (SSSR count). The molecule has 0 saturated heterocycles. The summed E-state index contributed by atoms with van der Waals surface area (Å²) < 4.78 is 0. The molecule has 0 fully saturated rings. The molecule has 0 saturated carbocycles. The van der Waals surface area contributed by atoms with Gasteiger partial charge in [-0.2, -0.15) is 0 Å². The highest BCUT2D eigenvalue weighted by Gasteiger charge is 2.10. The van der Waals surface area contributed by atoms with Crippen LogP contribution >= 0.6 is 0 Å². The van der Waals surface area contributed by atoms with E-state index in [0.717, 1.165) is 0 Å². The summed E-state index contributed by atoms with van der Waals surface area (Å²) in [6.07, 6.45) is 0.944. The van der Waals surface area contributed by atoms with E-state index in [1.54, 1.807) is 13.3 Å². The van der Waals surface area contributed by atoms with Gasteiger partial charge in [-0.05, 0) is 12.8 Å². The second-order valence-electron chi connectivity index (χ2n) is 1.80. The third kappa shape index (κ3) is 2.28. The van der Waals surface area contributed by atoms with Crippen molar-refractivity contribution in [1.82, 2.24) is 0 Å². The first-order chi connectivity index (χ1) is 3.72. The maximum atomic E-state index is 8.85. The monoisotopic (exact) mass is 117 g/mol. The topological polar surface area (TPSA) is 40.5 Å². The molecule has 0 heterocycles. The molecule has 0 bridgehead atoms. The number of aliphatic hydroxyl groups is 2. The summed E-state index contributed by atoms with van der Waals surface area (Å²) in [5.41, 5.74) is 0. The van der Waals surface area contributed by atoms with Crippen LogP contribution in [0.5, 0.6) is 0 Å². The molecule has 2 nitrogen and oxygen atoms in total. The van der Waals surface area contributed by atoms with Gasteiger partial charge in [0, 0.05) is 0 Å². The van der Waals surface area contributed by atoms with Gasteiger partial charge in [0.1, 0.15) is 0 Å². The Morgan fingerprint density at radius 2 is 2.00 bits per heavy atom. The molecule has 0 amide bonds. The van der Waals surface area contributed by atoms with E-state index in [-0.39, 0.29) is 0 Å². The van der Waals surface area contributed by atoms with Crippen LogP contribution in [0, 0.1) is 6.42 Å². The van der Waals surface area contributed by atoms with Crippen LogP contribution < -0.4 is 0 Å². The lowest BCUT2D eigenvalue weighted by molar-refractivity contribution is 0.0375. The fourth-order valence-corrected chi connectivity index (χ4v) is 0.464. The van der Waals surface area contributed by atoms with E-state index in [1.807, 2.05) is 6.92 Å². The van der Waals surface area contributed by atoms with Crippen LogP contribution in [0.2, 0.25) is 0 Å². The minimum Gasteiger partial charge on any atom is -0.390 e. The molecule has 49 valence electrons. The fourth-order valence-electron chi connectivity index (χ4n) is 0.464. The second-order valence-corrected chi connectivity index (χ2v) is 1.80. The van der Waals surface area contributed by atoms with E-state index in [1.165, 1.54) is 0 Å². The Kier molecular flexibility index (Phi) is 3.83. The van der Waals surface area contributed by atoms with E-state index in [9.17, 15) is 0 Å². The zero-order chi connectivity index (χ0) is 6.57. The van der Waals surface area contributed by atoms with E-state index in [4.69, 9.17) is 10.2 Å². The van der Waals surface area contributed by atoms with E-state index in [0.29, 0.717) is 6.42 Å². The maximum absolute atomic E-state index is 8.85. The minimum atomic E-state index is -0.653. The van der Waals surface area contributed by atoms with Crippen molar-refractivity contribution in [1.29, 1.82) is 0 Å². The molecule has 0 spiro atoms. The number of hydrogen-bond donors (Lipinski definition) is 2. The molecule has 0 aromatic rings. The number of hydrogen-bond acceptors (Lipinski definition) is 2. The van der Waals surface area contributed by atoms with Crippen LogP contribution in [0.15, 0.2) is 0 Å². The standard InChI is InChI=1S/C6H13O2/c1-3-5(7)6(8)4-2/h3,5-8H,4H2,1-2H3. The predicted molar refractivity (Wildman–Crippen MR) is 32.3 cm³/mol. The molecule has 2 heteroatoms. The average Bonchev–Trinajstić information content (AvgIpc) is 1.84. The Bertz CT molecular complexity index is 46.5. The largest absolute Gasteiger partial charge is 0.390 e. The quantitative estimate of drug-likeness (QED) is 0.559. The molecule has 1 radical (unpaired) electrons. The average molecular weight is 117 g/mol. The Hall–Kier alpha value is -0.0800. The summed E-state index contributed by atoms with van der Waals surface area (Å²) in [6, 6.07) is 0. The molecule has 2 N–H and O–H groups in total. The highest BCUT2D eigenvalue weighted by Crippen LogP contribution is 1.99. The van der Waals surface area contributed by atoms with Crippen LogP contribution in [0.1, 0.15) is 20.3 Å². The van der Waals surface area contributed by atoms with Crippen LogP contribution in [-0.4, -0.2) is 22.4 Å². The lowest BCUT2D eigenvalue weighted by Gasteiger charge is -2.12. The van der Waals surface area contributed by atoms with Crippen LogP contribution in [0.3, 0.4) is 0 Å². The normalized spacial score (nSPS) is 18.0. The van der Waals surface area contributed by atoms with Crippen molar-refractivity contribution in [2.75, 3.05) is 0 Å². The molecule has 8 heavy (non-hydrogen) atoms. The molecule has 2 atom stereocenters. The maximum Gasteiger partial charge on any atom is 0.0827 e. The fraction of sp³-hybridized carbons (Fsp3) is 0.833. The molecule has 0 aromatic heterocycles. The molecule has 0 aromatic carbocycles. The van der Waals surface area contributed by atoms with Gasteiger partial charge in [-0.1, -0.05) is 13.8 Å². The summed E-state index contributed by atoms with van der Waals surface area (Å²) in [7, 11) is 0. The SMILES string of the molecule is C[CH]C(O)C(O)CC. The smallest absolute Gasteiger partial charge is 0.0827 e. The molecule has 0 aliphatic carbocycles. The van der Waals surface area contributed by atoms with Crippen molar-refractivity contribution < 1.29 is 10.2 Å². The van der Waals surface area contributed by atoms with Gasteiger partial charge < -0.3 is 10.2 Å². The molecule has 2 unspecified atom stereocenters. The highest BCUT2D eigenvalue weighted by atomic mass is 16.3. The van der Waals surface area contributed by atoms with Crippen LogP contribution in [0.4, 0.5) is 0 Å². The minimum absolute atomic E-state index is 0.583. The van der Waals surface area contributed by atoms with Gasteiger partial charge in [-0.3, -0.25) is 0 Å². The van der Waals surface area contributed by atoms with Gasteiger partial charge in [0.05, 0.1) is 12.2 Å². The number of rotatable bonds is 3. The zero-order valence-electron chi connectivity index (χ0n) is 5.33. The van der Waals surface area contributed by atoms with Gasteiger partial charge in [0.25, 0.3) is 0 Å². The summed E-state index contributed by atoms with van der Waals surface area (Å²) in [6.45, 7) is 3.56. The molecular weight excluding hydrogens is 104 g/mol. The molecular formula is C6H13O2. The lowest BCUT2D eigenvalue weighted by atomic mass is 10.1. The predicted octanol–water partition coefficient (Wildman–Crippen LogP) is 0.342. The van der Waals surface area contributed by atoms with Gasteiger partial charge >= 0.3 is 0 Å². The van der Waals surface area contributed by atoms with Crippen molar-refractivity contribution in [3.05, 3.63) is 6.42 Å². The van der Waals surface area contributed by atoms with E-state index >= 15 is 0 Å². The van der Waals surface area contributed by atoms with E-state index < -0.39 is 12.2 Å². The van der Waals surface area contributed by atoms with Gasteiger partial charge in [0.15, 0.2) is 0 Å². The van der Waals surface area contributed by atoms with Crippen molar-refractivity contribution in [2.24, 2.45) is 0 Å². The Labute approximate surface area is 50.2 Å². The van der Waals surface area contributed by atoms with Crippen LogP contribution in [0.25, 0.3) is 0 Å². The second kappa shape index (κ2) is 3.87. The zero-order valence-corrected chi connectivity index (χ0v) is 5.33. The van der Waals surface area contributed by atoms with Crippen molar-refractivity contribution in [3.8, 4) is 0 Å². The molecule has 0 aliphatic rings. The summed E-state index contributed by atoms with van der Waals surface area (Å²) in [5.74, 6) is 0. The number of aliphatic hydroxyl groups excluding tert-OH is 2. The molecule has 0 aliphatic heterocycles. The third-order valence-electron chi connectivity index (χ3n) is 1.15. The van der Waals surface area contributed by atoms with Crippen LogP contribution in [-0.2, 0) is 0 Å². The van der Waals surface area contributed by atoms with Crippen molar-refractivity contribution in [3.63, 3.8) is 0 Å². The summed E-state index contributed by atoms with van der Waals surface area (Å²) in [5, 5.41) is 17.7. The van der Waals surface area contributed by atoms with Crippen molar-refractivity contribution in [2.45, 2.75) is 32.5 Å². The lowest BCUT2D eigenvalue weighted by Crippen LogP contribution is -2.24. The van der Waals surface area contributed by atoms with Gasteiger partial charge in [-0.15, -0.1) is 0 Å². The first-order valence-electron chi connectivity index (χ1n) is 2.88. The summed E-state index contributed by atoms with van der Waals surface area (Å²) in [4.78, 5) is 0. The van der Waals surface area contributed by atoms with Gasteiger partial charge in [-0.25, -0.2) is 0 Å². The highest BCUT2D eigenvalue weighted by molar-refractivity contribution is 4.75. The summed E-state index contributed by atoms with van der Waals surface area (Å²) >= 11 is 0. The first-order valence-corrected chi connectivity index (χ1v) is 2.88.